The van der Waals surface area contributed by atoms with Gasteiger partial charge in [0.2, 0.25) is 0 Å². The van der Waals surface area contributed by atoms with E-state index in [1.54, 1.807) is 30.3 Å². The lowest BCUT2D eigenvalue weighted by molar-refractivity contribution is -0.384. The Labute approximate surface area is 222 Å². The first-order valence-corrected chi connectivity index (χ1v) is 13.1. The number of carbonyl (C=O) groups excluding carboxylic acids is 2. The predicted octanol–water partition coefficient (Wildman–Crippen LogP) is 4.16. The first kappa shape index (κ1) is 25.5. The third-order valence-corrected chi connectivity index (χ3v) is 7.60. The van der Waals surface area contributed by atoms with Crippen molar-refractivity contribution in [3.8, 4) is 0 Å². The average Bonchev–Trinajstić information content (AvgIpc) is 3.17. The van der Waals surface area contributed by atoms with Crippen LogP contribution in [0.5, 0.6) is 0 Å². The Morgan fingerprint density at radius 2 is 1.54 bits per heavy atom. The fourth-order valence-corrected chi connectivity index (χ4v) is 5.48. The number of carbonyl (C=O) groups is 2. The quantitative estimate of drug-likeness (QED) is 0.301. The van der Waals surface area contributed by atoms with Crippen molar-refractivity contribution in [2.24, 2.45) is 0 Å². The van der Waals surface area contributed by atoms with Gasteiger partial charge in [0, 0.05) is 48.5 Å². The van der Waals surface area contributed by atoms with Crippen LogP contribution >= 0.6 is 23.4 Å². The molecule has 0 saturated carbocycles. The molecule has 0 bridgehead atoms. The Bertz CT molecular complexity index is 1240. The summed E-state index contributed by atoms with van der Waals surface area (Å²) in [5.41, 5.74) is 2.52. The average molecular weight is 545 g/mol. The van der Waals surface area contributed by atoms with Gasteiger partial charge in [-0.25, -0.2) is 0 Å². The standard InChI is InChI=1S/C25H25ClN4O6S/c26-19-3-1-17(2-4-19)16-29-24(31)23(37-25(29)32)14-18-13-22(30(33)34)21(28-7-11-36-12-8-28)15-20(18)27-5-9-35-10-6-27/h1-4,13-15H,5-12,16H2/b23-14-. The summed E-state index contributed by atoms with van der Waals surface area (Å²) in [6.07, 6.45) is 1.59. The zero-order valence-corrected chi connectivity index (χ0v) is 21.5. The largest absolute Gasteiger partial charge is 0.378 e. The van der Waals surface area contributed by atoms with E-state index in [-0.39, 0.29) is 17.1 Å². The van der Waals surface area contributed by atoms with E-state index in [1.165, 1.54) is 11.0 Å². The van der Waals surface area contributed by atoms with Crippen molar-refractivity contribution in [2.45, 2.75) is 6.54 Å². The topological polar surface area (TPSA) is 105 Å². The van der Waals surface area contributed by atoms with Crippen LogP contribution in [0.4, 0.5) is 21.9 Å². The highest BCUT2D eigenvalue weighted by Gasteiger charge is 2.36. The summed E-state index contributed by atoms with van der Waals surface area (Å²) in [4.78, 5) is 43.1. The highest BCUT2D eigenvalue weighted by molar-refractivity contribution is 8.18. The van der Waals surface area contributed by atoms with Gasteiger partial charge in [0.1, 0.15) is 5.69 Å². The molecule has 0 atom stereocenters. The Balaban J connectivity index is 1.52. The molecule has 0 aromatic heterocycles. The second-order valence-corrected chi connectivity index (χ2v) is 10.2. The molecule has 2 aromatic carbocycles. The van der Waals surface area contributed by atoms with Crippen molar-refractivity contribution in [1.29, 1.82) is 0 Å². The van der Waals surface area contributed by atoms with Crippen molar-refractivity contribution in [3.05, 3.63) is 67.6 Å². The summed E-state index contributed by atoms with van der Waals surface area (Å²) in [5, 5.41) is 12.3. The van der Waals surface area contributed by atoms with Crippen LogP contribution in [0.1, 0.15) is 11.1 Å². The number of morpholine rings is 2. The number of anilines is 2. The lowest BCUT2D eigenvalue weighted by Crippen LogP contribution is -2.38. The summed E-state index contributed by atoms with van der Waals surface area (Å²) in [6, 6.07) is 10.3. The molecule has 2 aromatic rings. The van der Waals surface area contributed by atoms with Crippen LogP contribution in [0.15, 0.2) is 41.3 Å². The first-order valence-electron chi connectivity index (χ1n) is 11.9. The lowest BCUT2D eigenvalue weighted by atomic mass is 10.1. The number of halogens is 1. The molecule has 3 saturated heterocycles. The summed E-state index contributed by atoms with van der Waals surface area (Å²) in [5.74, 6) is -0.433. The normalized spacial score (nSPS) is 19.7. The number of amides is 2. The minimum atomic E-state index is -0.433. The summed E-state index contributed by atoms with van der Waals surface area (Å²) in [7, 11) is 0. The van der Waals surface area contributed by atoms with Crippen LogP contribution in [-0.2, 0) is 20.8 Å². The van der Waals surface area contributed by atoms with Crippen LogP contribution in [-0.4, -0.2) is 73.6 Å². The van der Waals surface area contributed by atoms with Crippen molar-refractivity contribution >= 4 is 57.6 Å². The number of thioether (sulfide) groups is 1. The van der Waals surface area contributed by atoms with E-state index in [0.717, 1.165) is 23.0 Å². The molecule has 0 unspecified atom stereocenters. The Kier molecular flexibility index (Phi) is 7.65. The van der Waals surface area contributed by atoms with Crippen LogP contribution in [0, 0.1) is 10.1 Å². The van der Waals surface area contributed by atoms with Crippen molar-refractivity contribution in [2.75, 3.05) is 62.4 Å². The third kappa shape index (κ3) is 5.59. The number of hydrogen-bond acceptors (Lipinski definition) is 9. The molecule has 3 aliphatic rings. The van der Waals surface area contributed by atoms with E-state index in [1.807, 2.05) is 11.0 Å². The SMILES string of the molecule is O=C1S/C(=C\c2cc([N+](=O)[O-])c(N3CCOCC3)cc2N2CCOCC2)C(=O)N1Cc1ccc(Cl)cc1. The maximum atomic E-state index is 13.2. The molecular weight excluding hydrogens is 520 g/mol. The van der Waals surface area contributed by atoms with Crippen molar-refractivity contribution in [3.63, 3.8) is 0 Å². The zero-order chi connectivity index (χ0) is 25.9. The zero-order valence-electron chi connectivity index (χ0n) is 19.9. The number of nitro groups is 1. The summed E-state index contributed by atoms with van der Waals surface area (Å²) >= 11 is 6.78. The molecule has 3 aliphatic heterocycles. The number of nitrogens with zero attached hydrogens (tertiary/aromatic N) is 4. The molecule has 0 spiro atoms. The van der Waals surface area contributed by atoms with Gasteiger partial charge < -0.3 is 19.3 Å². The molecule has 5 rings (SSSR count). The molecule has 3 fully saturated rings. The predicted molar refractivity (Wildman–Crippen MR) is 142 cm³/mol. The van der Waals surface area contributed by atoms with Crippen LogP contribution < -0.4 is 9.80 Å². The van der Waals surface area contributed by atoms with Gasteiger partial charge in [-0.05, 0) is 41.6 Å². The number of imide groups is 1. The molecule has 12 heteroatoms. The number of nitro benzene ring substituents is 1. The van der Waals surface area contributed by atoms with E-state index in [9.17, 15) is 19.7 Å². The molecule has 10 nitrogen and oxygen atoms in total. The molecule has 194 valence electrons. The number of rotatable bonds is 6. The third-order valence-electron chi connectivity index (χ3n) is 6.44. The van der Waals surface area contributed by atoms with Crippen LogP contribution in [0.3, 0.4) is 0 Å². The smallest absolute Gasteiger partial charge is 0.293 e. The molecule has 0 aliphatic carbocycles. The molecule has 3 heterocycles. The van der Waals surface area contributed by atoms with E-state index in [2.05, 4.69) is 4.90 Å². The molecule has 0 N–H and O–H groups in total. The van der Waals surface area contributed by atoms with Crippen LogP contribution in [0.2, 0.25) is 5.02 Å². The van der Waals surface area contributed by atoms with Gasteiger partial charge >= 0.3 is 0 Å². The number of hydrogen-bond donors (Lipinski definition) is 0. The van der Waals surface area contributed by atoms with Gasteiger partial charge in [-0.15, -0.1) is 0 Å². The van der Waals surface area contributed by atoms with E-state index >= 15 is 0 Å². The van der Waals surface area contributed by atoms with Gasteiger partial charge in [0.25, 0.3) is 16.8 Å². The van der Waals surface area contributed by atoms with Gasteiger partial charge in [-0.2, -0.15) is 0 Å². The number of ether oxygens (including phenoxy) is 2. The fraction of sp³-hybridized carbons (Fsp3) is 0.360. The lowest BCUT2D eigenvalue weighted by Gasteiger charge is -2.33. The van der Waals surface area contributed by atoms with E-state index in [4.69, 9.17) is 21.1 Å². The van der Waals surface area contributed by atoms with E-state index in [0.29, 0.717) is 68.9 Å². The van der Waals surface area contributed by atoms with Gasteiger partial charge in [0.05, 0.1) is 42.8 Å². The second kappa shape index (κ2) is 11.1. The van der Waals surface area contributed by atoms with Gasteiger partial charge in [-0.1, -0.05) is 23.7 Å². The maximum absolute atomic E-state index is 13.2. The monoisotopic (exact) mass is 544 g/mol. The molecule has 0 radical (unpaired) electrons. The summed E-state index contributed by atoms with van der Waals surface area (Å²) < 4.78 is 10.9. The van der Waals surface area contributed by atoms with E-state index < -0.39 is 16.1 Å². The maximum Gasteiger partial charge on any atom is 0.293 e. The Hall–Kier alpha value is -3.12. The van der Waals surface area contributed by atoms with Gasteiger partial charge in [-0.3, -0.25) is 24.6 Å². The summed E-state index contributed by atoms with van der Waals surface area (Å²) in [6.45, 7) is 4.48. The highest BCUT2D eigenvalue weighted by atomic mass is 35.5. The minimum absolute atomic E-state index is 0.0504. The first-order chi connectivity index (χ1) is 17.9. The molecular formula is C25H25ClN4O6S. The Morgan fingerprint density at radius 1 is 0.946 bits per heavy atom. The van der Waals surface area contributed by atoms with Crippen LogP contribution in [0.25, 0.3) is 6.08 Å². The Morgan fingerprint density at radius 3 is 2.14 bits per heavy atom. The minimum Gasteiger partial charge on any atom is -0.378 e. The van der Waals surface area contributed by atoms with Gasteiger partial charge in [0.15, 0.2) is 0 Å². The fourth-order valence-electron chi connectivity index (χ4n) is 4.53. The second-order valence-electron chi connectivity index (χ2n) is 8.75. The van der Waals surface area contributed by atoms with Crippen molar-refractivity contribution in [1.82, 2.24) is 4.90 Å². The number of benzene rings is 2. The highest BCUT2D eigenvalue weighted by Crippen LogP contribution is 2.40. The molecule has 37 heavy (non-hydrogen) atoms. The van der Waals surface area contributed by atoms with Crippen molar-refractivity contribution < 1.29 is 24.0 Å². The molecule has 2 amide bonds.